The number of ether oxygens (including phenoxy) is 1. The van der Waals surface area contributed by atoms with Gasteiger partial charge in [-0.3, -0.25) is 0 Å². The SMILES string of the molecule is O=C(O)c1nn(-c2ccc(Br)cc2)c2c1COCC2. The number of fused-ring (bicyclic) bond motifs is 1. The first-order valence-corrected chi connectivity index (χ1v) is 6.64. The third-order valence-electron chi connectivity index (χ3n) is 3.09. The molecule has 0 saturated carbocycles. The van der Waals surface area contributed by atoms with Gasteiger partial charge in [0.2, 0.25) is 0 Å². The van der Waals surface area contributed by atoms with Crippen LogP contribution in [0.2, 0.25) is 0 Å². The van der Waals surface area contributed by atoms with Crippen molar-refractivity contribution in [3.63, 3.8) is 0 Å². The number of carboxylic acid groups (broad SMARTS) is 1. The number of benzene rings is 1. The molecule has 98 valence electrons. The van der Waals surface area contributed by atoms with Crippen molar-refractivity contribution in [2.45, 2.75) is 13.0 Å². The van der Waals surface area contributed by atoms with Gasteiger partial charge in [0, 0.05) is 16.5 Å². The van der Waals surface area contributed by atoms with Crippen molar-refractivity contribution in [3.8, 4) is 5.69 Å². The number of aromatic nitrogens is 2. The van der Waals surface area contributed by atoms with Gasteiger partial charge in [-0.1, -0.05) is 15.9 Å². The van der Waals surface area contributed by atoms with Gasteiger partial charge in [0.25, 0.3) is 0 Å². The van der Waals surface area contributed by atoms with Crippen molar-refractivity contribution in [2.24, 2.45) is 0 Å². The second kappa shape index (κ2) is 4.79. The molecule has 0 saturated heterocycles. The maximum atomic E-state index is 11.2. The predicted molar refractivity (Wildman–Crippen MR) is 71.6 cm³/mol. The zero-order chi connectivity index (χ0) is 13.4. The minimum absolute atomic E-state index is 0.0811. The Bertz CT molecular complexity index is 634. The second-order valence-electron chi connectivity index (χ2n) is 4.27. The lowest BCUT2D eigenvalue weighted by Gasteiger charge is -2.14. The van der Waals surface area contributed by atoms with Crippen LogP contribution in [0.5, 0.6) is 0 Å². The van der Waals surface area contributed by atoms with Crippen molar-refractivity contribution >= 4 is 21.9 Å². The lowest BCUT2D eigenvalue weighted by Crippen LogP contribution is -2.13. The number of nitrogens with zero attached hydrogens (tertiary/aromatic N) is 2. The van der Waals surface area contributed by atoms with Crippen LogP contribution in [0.25, 0.3) is 5.69 Å². The second-order valence-corrected chi connectivity index (χ2v) is 5.19. The Morgan fingerprint density at radius 3 is 2.79 bits per heavy atom. The van der Waals surface area contributed by atoms with Gasteiger partial charge in [0.05, 0.1) is 24.6 Å². The van der Waals surface area contributed by atoms with Crippen LogP contribution in [0.4, 0.5) is 0 Å². The number of aromatic carboxylic acids is 1. The Labute approximate surface area is 117 Å². The molecule has 0 amide bonds. The summed E-state index contributed by atoms with van der Waals surface area (Å²) in [5, 5.41) is 13.4. The molecule has 19 heavy (non-hydrogen) atoms. The summed E-state index contributed by atoms with van der Waals surface area (Å²) >= 11 is 3.38. The Balaban J connectivity index is 2.16. The Hall–Kier alpha value is -1.66. The third-order valence-corrected chi connectivity index (χ3v) is 3.62. The fourth-order valence-electron chi connectivity index (χ4n) is 2.20. The third kappa shape index (κ3) is 2.17. The summed E-state index contributed by atoms with van der Waals surface area (Å²) in [6, 6.07) is 7.61. The van der Waals surface area contributed by atoms with Gasteiger partial charge in [-0.25, -0.2) is 9.48 Å². The smallest absolute Gasteiger partial charge is 0.356 e. The molecular formula is C13H11BrN2O3. The topological polar surface area (TPSA) is 64.3 Å². The number of halogens is 1. The number of hydrogen-bond acceptors (Lipinski definition) is 3. The number of carbonyl (C=O) groups is 1. The largest absolute Gasteiger partial charge is 0.476 e. The number of carboxylic acids is 1. The van der Waals surface area contributed by atoms with Crippen LogP contribution in [0.15, 0.2) is 28.7 Å². The fourth-order valence-corrected chi connectivity index (χ4v) is 2.47. The van der Waals surface area contributed by atoms with E-state index in [0.717, 1.165) is 15.9 Å². The zero-order valence-electron chi connectivity index (χ0n) is 9.97. The molecule has 0 spiro atoms. The van der Waals surface area contributed by atoms with Crippen LogP contribution in [-0.2, 0) is 17.8 Å². The molecule has 0 fully saturated rings. The van der Waals surface area contributed by atoms with E-state index in [1.165, 1.54) is 0 Å². The van der Waals surface area contributed by atoms with Crippen molar-refractivity contribution in [3.05, 3.63) is 45.7 Å². The van der Waals surface area contributed by atoms with Crippen LogP contribution in [-0.4, -0.2) is 27.5 Å². The van der Waals surface area contributed by atoms with E-state index < -0.39 is 5.97 Å². The van der Waals surface area contributed by atoms with Crippen LogP contribution < -0.4 is 0 Å². The minimum atomic E-state index is -1.02. The van der Waals surface area contributed by atoms with Gasteiger partial charge < -0.3 is 9.84 Å². The standard InChI is InChI=1S/C13H11BrN2O3/c14-8-1-3-9(4-2-8)16-11-5-6-19-7-10(11)12(15-16)13(17)18/h1-4H,5-7H2,(H,17,18). The molecule has 5 nitrogen and oxygen atoms in total. The number of hydrogen-bond donors (Lipinski definition) is 1. The van der Waals surface area contributed by atoms with Crippen molar-refractivity contribution in [1.82, 2.24) is 9.78 Å². The van der Waals surface area contributed by atoms with Crippen LogP contribution in [0, 0.1) is 0 Å². The highest BCUT2D eigenvalue weighted by Crippen LogP contribution is 2.24. The van der Waals surface area contributed by atoms with E-state index >= 15 is 0 Å². The highest BCUT2D eigenvalue weighted by atomic mass is 79.9. The van der Waals surface area contributed by atoms with E-state index in [1.54, 1.807) is 4.68 Å². The molecular weight excluding hydrogens is 312 g/mol. The monoisotopic (exact) mass is 322 g/mol. The molecule has 0 unspecified atom stereocenters. The molecule has 0 radical (unpaired) electrons. The van der Waals surface area contributed by atoms with E-state index in [1.807, 2.05) is 24.3 Å². The summed E-state index contributed by atoms with van der Waals surface area (Å²) < 4.78 is 8.00. The molecule has 0 atom stereocenters. The molecule has 1 aliphatic rings. The first-order chi connectivity index (χ1) is 9.16. The van der Waals surface area contributed by atoms with Crippen LogP contribution in [0.1, 0.15) is 21.7 Å². The van der Waals surface area contributed by atoms with Gasteiger partial charge in [0.1, 0.15) is 0 Å². The van der Waals surface area contributed by atoms with E-state index in [9.17, 15) is 9.90 Å². The molecule has 0 bridgehead atoms. The molecule has 2 heterocycles. The summed E-state index contributed by atoms with van der Waals surface area (Å²) in [4.78, 5) is 11.2. The summed E-state index contributed by atoms with van der Waals surface area (Å²) in [7, 11) is 0. The lowest BCUT2D eigenvalue weighted by atomic mass is 10.1. The van der Waals surface area contributed by atoms with E-state index in [4.69, 9.17) is 4.74 Å². The van der Waals surface area contributed by atoms with Gasteiger partial charge in [0.15, 0.2) is 5.69 Å². The van der Waals surface area contributed by atoms with Crippen LogP contribution in [0.3, 0.4) is 0 Å². The van der Waals surface area contributed by atoms with Gasteiger partial charge in [-0.2, -0.15) is 5.10 Å². The first-order valence-electron chi connectivity index (χ1n) is 5.84. The first kappa shape index (κ1) is 12.4. The summed E-state index contributed by atoms with van der Waals surface area (Å²) in [5.74, 6) is -1.02. The maximum absolute atomic E-state index is 11.2. The highest BCUT2D eigenvalue weighted by molar-refractivity contribution is 9.10. The summed E-state index contributed by atoms with van der Waals surface area (Å²) in [6.45, 7) is 0.905. The Morgan fingerprint density at radius 2 is 2.11 bits per heavy atom. The van der Waals surface area contributed by atoms with Gasteiger partial charge in [-0.05, 0) is 24.3 Å². The van der Waals surface area contributed by atoms with Crippen LogP contribution >= 0.6 is 15.9 Å². The van der Waals surface area contributed by atoms with Crippen molar-refractivity contribution in [2.75, 3.05) is 6.61 Å². The number of rotatable bonds is 2. The minimum Gasteiger partial charge on any atom is -0.476 e. The van der Waals surface area contributed by atoms with Gasteiger partial charge in [-0.15, -0.1) is 0 Å². The van der Waals surface area contributed by atoms with E-state index in [0.29, 0.717) is 25.2 Å². The normalized spacial score (nSPS) is 14.2. The average molecular weight is 323 g/mol. The Morgan fingerprint density at radius 1 is 1.37 bits per heavy atom. The van der Waals surface area contributed by atoms with E-state index in [2.05, 4.69) is 21.0 Å². The Kier molecular flexibility index (Phi) is 3.12. The summed E-state index contributed by atoms with van der Waals surface area (Å²) in [5.41, 5.74) is 2.54. The average Bonchev–Trinajstić information content (AvgIpc) is 2.79. The molecule has 6 heteroatoms. The molecule has 0 aliphatic carbocycles. The predicted octanol–water partition coefficient (Wildman–Crippen LogP) is 2.41. The van der Waals surface area contributed by atoms with Crippen molar-refractivity contribution < 1.29 is 14.6 Å². The molecule has 2 aromatic rings. The lowest BCUT2D eigenvalue weighted by molar-refractivity contribution is 0.0677. The van der Waals surface area contributed by atoms with Crippen molar-refractivity contribution in [1.29, 1.82) is 0 Å². The molecule has 3 rings (SSSR count). The fraction of sp³-hybridized carbons (Fsp3) is 0.231. The maximum Gasteiger partial charge on any atom is 0.356 e. The van der Waals surface area contributed by atoms with Gasteiger partial charge >= 0.3 is 5.97 Å². The molecule has 1 aromatic heterocycles. The molecule has 1 N–H and O–H groups in total. The molecule has 1 aliphatic heterocycles. The quantitative estimate of drug-likeness (QED) is 0.922. The zero-order valence-corrected chi connectivity index (χ0v) is 11.6. The highest BCUT2D eigenvalue weighted by Gasteiger charge is 2.25. The summed E-state index contributed by atoms with van der Waals surface area (Å²) in [6.07, 6.45) is 0.672. The van der Waals surface area contributed by atoms with E-state index in [-0.39, 0.29) is 5.69 Å². The molecule has 1 aromatic carbocycles.